The van der Waals surface area contributed by atoms with Crippen LogP contribution in [0.25, 0.3) is 0 Å². The van der Waals surface area contributed by atoms with Crippen LogP contribution in [0, 0.1) is 23.2 Å². The number of carbonyl (C=O) groups is 1. The molecule has 0 bridgehead atoms. The van der Waals surface area contributed by atoms with Gasteiger partial charge in [-0.15, -0.1) is 0 Å². The molecule has 0 atom stereocenters. The van der Waals surface area contributed by atoms with Crippen LogP contribution in [-0.4, -0.2) is 6.29 Å². The maximum Gasteiger partial charge on any atom is 0.416 e. The molecule has 0 amide bonds. The molecule has 2 nitrogen and oxygen atoms in total. The Morgan fingerprint density at radius 3 is 2.44 bits per heavy atom. The van der Waals surface area contributed by atoms with Crippen molar-refractivity contribution < 1.29 is 18.0 Å². The minimum Gasteiger partial charge on any atom is -0.289 e. The Kier molecular flexibility index (Phi) is 3.32. The second-order valence-electron chi connectivity index (χ2n) is 2.76. The number of nitriles is 1. The van der Waals surface area contributed by atoms with Gasteiger partial charge in [0.1, 0.15) is 6.07 Å². The topological polar surface area (TPSA) is 40.9 Å². The van der Waals surface area contributed by atoms with Gasteiger partial charge in [-0.25, -0.2) is 0 Å². The maximum absolute atomic E-state index is 12.3. The second-order valence-corrected chi connectivity index (χ2v) is 2.76. The van der Waals surface area contributed by atoms with Gasteiger partial charge >= 0.3 is 6.18 Å². The first-order valence-corrected chi connectivity index (χ1v) is 4.05. The lowest BCUT2D eigenvalue weighted by atomic mass is 10.0. The molecule has 80 valence electrons. The number of rotatable bonds is 0. The van der Waals surface area contributed by atoms with Gasteiger partial charge in [0.2, 0.25) is 0 Å². The number of halogens is 3. The maximum atomic E-state index is 12.3. The summed E-state index contributed by atoms with van der Waals surface area (Å²) in [6.45, 7) is 0. The normalized spacial score (nSPS) is 9.88. The van der Waals surface area contributed by atoms with Gasteiger partial charge < -0.3 is 0 Å². The van der Waals surface area contributed by atoms with Gasteiger partial charge in [0.15, 0.2) is 6.29 Å². The highest BCUT2D eigenvalue weighted by Gasteiger charge is 2.30. The number of benzene rings is 1. The van der Waals surface area contributed by atoms with E-state index in [1.165, 1.54) is 0 Å². The average Bonchev–Trinajstić information content (AvgIpc) is 2.24. The van der Waals surface area contributed by atoms with Gasteiger partial charge in [-0.3, -0.25) is 4.79 Å². The van der Waals surface area contributed by atoms with E-state index in [4.69, 9.17) is 5.26 Å². The van der Waals surface area contributed by atoms with Crippen LogP contribution >= 0.6 is 0 Å². The molecule has 0 aromatic heterocycles. The monoisotopic (exact) mass is 223 g/mol. The summed E-state index contributed by atoms with van der Waals surface area (Å²) >= 11 is 0. The second kappa shape index (κ2) is 4.50. The molecule has 0 aliphatic rings. The van der Waals surface area contributed by atoms with Crippen molar-refractivity contribution in [1.82, 2.24) is 0 Å². The molecule has 0 spiro atoms. The Morgan fingerprint density at radius 2 is 1.94 bits per heavy atom. The van der Waals surface area contributed by atoms with Crippen LogP contribution in [0.3, 0.4) is 0 Å². The highest BCUT2D eigenvalue weighted by molar-refractivity contribution is 5.74. The molecule has 1 aromatic carbocycles. The van der Waals surface area contributed by atoms with E-state index in [-0.39, 0.29) is 17.4 Å². The fourth-order valence-corrected chi connectivity index (χ4v) is 1.03. The van der Waals surface area contributed by atoms with E-state index in [0.29, 0.717) is 0 Å². The van der Waals surface area contributed by atoms with E-state index < -0.39 is 11.7 Å². The smallest absolute Gasteiger partial charge is 0.289 e. The summed E-state index contributed by atoms with van der Waals surface area (Å²) in [5.41, 5.74) is -1.01. The van der Waals surface area contributed by atoms with Crippen molar-refractivity contribution in [2.45, 2.75) is 6.18 Å². The zero-order valence-corrected chi connectivity index (χ0v) is 7.80. The lowest BCUT2D eigenvalue weighted by molar-refractivity contribution is -0.137. The third kappa shape index (κ3) is 2.61. The predicted octanol–water partition coefficient (Wildman–Crippen LogP) is 2.13. The first-order valence-electron chi connectivity index (χ1n) is 4.05. The van der Waals surface area contributed by atoms with Crippen LogP contribution in [0.5, 0.6) is 0 Å². The fraction of sp³-hybridized carbons (Fsp3) is 0.0909. The summed E-state index contributed by atoms with van der Waals surface area (Å²) in [4.78, 5) is 9.98. The van der Waals surface area contributed by atoms with Crippen molar-refractivity contribution in [2.24, 2.45) is 0 Å². The first-order chi connectivity index (χ1) is 7.49. The first kappa shape index (κ1) is 11.8. The molecule has 1 rings (SSSR count). The van der Waals surface area contributed by atoms with Crippen LogP contribution in [0.1, 0.15) is 16.7 Å². The van der Waals surface area contributed by atoms with Gasteiger partial charge in [-0.1, -0.05) is 5.92 Å². The number of alkyl halides is 3. The van der Waals surface area contributed by atoms with E-state index in [1.54, 1.807) is 6.07 Å². The van der Waals surface area contributed by atoms with E-state index in [2.05, 4.69) is 5.92 Å². The van der Waals surface area contributed by atoms with E-state index in [0.717, 1.165) is 18.2 Å². The quantitative estimate of drug-likeness (QED) is 0.499. The van der Waals surface area contributed by atoms with Crippen LogP contribution in [0.4, 0.5) is 13.2 Å². The predicted molar refractivity (Wildman–Crippen MR) is 49.1 cm³/mol. The van der Waals surface area contributed by atoms with Crippen LogP contribution in [0.2, 0.25) is 0 Å². The third-order valence-electron chi connectivity index (χ3n) is 1.73. The standard InChI is InChI=1S/C11H4F3NO/c12-11(13,14)10-4-3-9(7-15)8(6-10)2-1-5-16/h3-6H. The minimum absolute atomic E-state index is 0.00218. The van der Waals surface area contributed by atoms with Crippen LogP contribution in [-0.2, 0) is 11.0 Å². The summed E-state index contributed by atoms with van der Waals surface area (Å²) in [6, 6.07) is 4.26. The largest absolute Gasteiger partial charge is 0.416 e. The lowest BCUT2D eigenvalue weighted by Crippen LogP contribution is -2.05. The minimum atomic E-state index is -4.49. The third-order valence-corrected chi connectivity index (χ3v) is 1.73. The summed E-state index contributed by atoms with van der Waals surface area (Å²) in [5, 5.41) is 8.62. The fourth-order valence-electron chi connectivity index (χ4n) is 1.03. The van der Waals surface area contributed by atoms with Crippen molar-refractivity contribution >= 4 is 6.29 Å². The molecule has 16 heavy (non-hydrogen) atoms. The van der Waals surface area contributed by atoms with Gasteiger partial charge in [0.05, 0.1) is 11.1 Å². The molecule has 5 heteroatoms. The summed E-state index contributed by atoms with van der Waals surface area (Å²) in [6.07, 6.45) is -4.24. The molecular weight excluding hydrogens is 219 g/mol. The molecule has 1 aromatic rings. The summed E-state index contributed by atoms with van der Waals surface area (Å²) in [7, 11) is 0. The van der Waals surface area contributed by atoms with Crippen molar-refractivity contribution in [3.63, 3.8) is 0 Å². The molecule has 0 aliphatic carbocycles. The Hall–Kier alpha value is -2.27. The van der Waals surface area contributed by atoms with Gasteiger partial charge in [-0.2, -0.15) is 18.4 Å². The van der Waals surface area contributed by atoms with Crippen molar-refractivity contribution in [3.05, 3.63) is 34.9 Å². The molecule has 0 aliphatic heterocycles. The Morgan fingerprint density at radius 1 is 1.25 bits per heavy atom. The summed E-state index contributed by atoms with van der Waals surface area (Å²) < 4.78 is 37.0. The number of carbonyl (C=O) groups excluding carboxylic acids is 1. The van der Waals surface area contributed by atoms with Crippen molar-refractivity contribution in [1.29, 1.82) is 5.26 Å². The average molecular weight is 223 g/mol. The number of aldehydes is 1. The van der Waals surface area contributed by atoms with Crippen LogP contribution in [0.15, 0.2) is 18.2 Å². The molecule has 0 fully saturated rings. The Bertz CT molecular complexity index is 515. The molecule has 0 N–H and O–H groups in total. The number of nitrogens with zero attached hydrogens (tertiary/aromatic N) is 1. The highest BCUT2D eigenvalue weighted by Crippen LogP contribution is 2.30. The molecule has 0 saturated carbocycles. The van der Waals surface area contributed by atoms with Crippen molar-refractivity contribution in [3.8, 4) is 17.9 Å². The lowest BCUT2D eigenvalue weighted by Gasteiger charge is -2.06. The molecule has 0 heterocycles. The Labute approximate surface area is 89.3 Å². The molecule has 0 saturated heterocycles. The number of hydrogen-bond donors (Lipinski definition) is 0. The van der Waals surface area contributed by atoms with Crippen molar-refractivity contribution in [2.75, 3.05) is 0 Å². The Balaban J connectivity index is 3.34. The highest BCUT2D eigenvalue weighted by atomic mass is 19.4. The van der Waals surface area contributed by atoms with Gasteiger partial charge in [-0.05, 0) is 24.1 Å². The zero-order valence-electron chi connectivity index (χ0n) is 7.80. The van der Waals surface area contributed by atoms with Gasteiger partial charge in [0, 0.05) is 5.56 Å². The zero-order chi connectivity index (χ0) is 12.2. The molecular formula is C11H4F3NO. The SMILES string of the molecule is N#Cc1ccc(C(F)(F)F)cc1C#CC=O. The molecule has 0 radical (unpaired) electrons. The van der Waals surface area contributed by atoms with E-state index in [9.17, 15) is 18.0 Å². The summed E-state index contributed by atoms with van der Waals surface area (Å²) in [5.74, 6) is 4.15. The molecule has 0 unspecified atom stereocenters. The van der Waals surface area contributed by atoms with E-state index >= 15 is 0 Å². The number of hydrogen-bond acceptors (Lipinski definition) is 2. The van der Waals surface area contributed by atoms with Crippen LogP contribution < -0.4 is 0 Å². The van der Waals surface area contributed by atoms with E-state index in [1.807, 2.05) is 5.92 Å². The van der Waals surface area contributed by atoms with Gasteiger partial charge in [0.25, 0.3) is 0 Å².